The molecule has 5 nitrogen and oxygen atoms in total. The van der Waals surface area contributed by atoms with Crippen LogP contribution in [0.4, 0.5) is 5.69 Å². The maximum absolute atomic E-state index is 11.4. The molecule has 1 rings (SSSR count). The largest absolute Gasteiger partial charge is 0.495 e. The Bertz CT molecular complexity index is 440. The average molecular weight is 247 g/mol. The van der Waals surface area contributed by atoms with E-state index in [0.717, 1.165) is 0 Å². The Balaban J connectivity index is 2.68. The van der Waals surface area contributed by atoms with E-state index in [2.05, 4.69) is 16.7 Å². The number of carbonyl (C=O) groups is 1. The molecule has 0 heterocycles. The molecule has 0 radical (unpaired) electrons. The third-order valence-corrected chi connectivity index (χ3v) is 2.36. The quantitative estimate of drug-likeness (QED) is 0.799. The molecule has 0 bridgehead atoms. The Hall–Kier alpha value is -2.22. The van der Waals surface area contributed by atoms with E-state index in [1.165, 1.54) is 0 Å². The van der Waals surface area contributed by atoms with Crippen LogP contribution in [0, 0.1) is 11.3 Å². The van der Waals surface area contributed by atoms with Gasteiger partial charge in [-0.05, 0) is 19.1 Å². The first kappa shape index (κ1) is 13.8. The van der Waals surface area contributed by atoms with Crippen molar-refractivity contribution >= 4 is 11.6 Å². The molecular weight excluding hydrogens is 230 g/mol. The van der Waals surface area contributed by atoms with Crippen LogP contribution in [-0.4, -0.2) is 25.6 Å². The first-order valence-corrected chi connectivity index (χ1v) is 5.77. The number of anilines is 1. The summed E-state index contributed by atoms with van der Waals surface area (Å²) in [7, 11) is 1.56. The smallest absolute Gasteiger partial charge is 0.223 e. The summed E-state index contributed by atoms with van der Waals surface area (Å²) in [5.74, 6) is 0.500. The molecule has 0 fully saturated rings. The maximum Gasteiger partial charge on any atom is 0.223 e. The number of hydrogen-bond donors (Lipinski definition) is 2. The van der Waals surface area contributed by atoms with Crippen molar-refractivity contribution in [2.24, 2.45) is 0 Å². The molecule has 0 saturated heterocycles. The van der Waals surface area contributed by atoms with Crippen molar-refractivity contribution in [1.82, 2.24) is 5.32 Å². The predicted molar refractivity (Wildman–Crippen MR) is 69.3 cm³/mol. The van der Waals surface area contributed by atoms with E-state index < -0.39 is 6.04 Å². The molecule has 1 atom stereocenters. The molecule has 0 aliphatic heterocycles. The van der Waals surface area contributed by atoms with Crippen LogP contribution in [0.15, 0.2) is 24.3 Å². The van der Waals surface area contributed by atoms with Crippen LogP contribution >= 0.6 is 0 Å². The van der Waals surface area contributed by atoms with Crippen LogP contribution in [0.2, 0.25) is 0 Å². The minimum Gasteiger partial charge on any atom is -0.495 e. The highest BCUT2D eigenvalue weighted by atomic mass is 16.5. The van der Waals surface area contributed by atoms with Crippen LogP contribution in [-0.2, 0) is 4.79 Å². The number of hydrogen-bond acceptors (Lipinski definition) is 4. The SMILES string of the molecule is CCNC(=O)CC(C#N)Nc1ccccc1OC. The standard InChI is InChI=1S/C13H17N3O2/c1-3-15-13(17)8-10(9-14)16-11-6-4-5-7-12(11)18-2/h4-7,10,16H,3,8H2,1-2H3,(H,15,17). The number of para-hydroxylation sites is 2. The van der Waals surface area contributed by atoms with Crippen molar-refractivity contribution in [3.05, 3.63) is 24.3 Å². The Labute approximate surface area is 107 Å². The van der Waals surface area contributed by atoms with Gasteiger partial charge in [0.05, 0.1) is 25.3 Å². The molecule has 0 spiro atoms. The van der Waals surface area contributed by atoms with Crippen LogP contribution in [0.3, 0.4) is 0 Å². The van der Waals surface area contributed by atoms with Crippen molar-refractivity contribution in [1.29, 1.82) is 5.26 Å². The number of methoxy groups -OCH3 is 1. The first-order valence-electron chi connectivity index (χ1n) is 5.77. The van der Waals surface area contributed by atoms with Crippen LogP contribution in [0.25, 0.3) is 0 Å². The van der Waals surface area contributed by atoms with Gasteiger partial charge < -0.3 is 15.4 Å². The lowest BCUT2D eigenvalue weighted by molar-refractivity contribution is -0.121. The molecule has 96 valence electrons. The lowest BCUT2D eigenvalue weighted by Gasteiger charge is -2.15. The van der Waals surface area contributed by atoms with E-state index in [0.29, 0.717) is 18.0 Å². The van der Waals surface area contributed by atoms with E-state index in [4.69, 9.17) is 10.00 Å². The van der Waals surface area contributed by atoms with E-state index >= 15 is 0 Å². The normalized spacial score (nSPS) is 11.2. The van der Waals surface area contributed by atoms with Gasteiger partial charge in [0.25, 0.3) is 0 Å². The summed E-state index contributed by atoms with van der Waals surface area (Å²) in [6, 6.07) is 8.77. The highest BCUT2D eigenvalue weighted by Gasteiger charge is 2.14. The fourth-order valence-corrected chi connectivity index (χ4v) is 1.54. The number of ether oxygens (including phenoxy) is 1. The Kier molecular flexibility index (Phi) is 5.52. The number of amides is 1. The van der Waals surface area contributed by atoms with Gasteiger partial charge in [0.15, 0.2) is 0 Å². The van der Waals surface area contributed by atoms with E-state index in [-0.39, 0.29) is 12.3 Å². The summed E-state index contributed by atoms with van der Waals surface area (Å²) in [5, 5.41) is 14.7. The zero-order chi connectivity index (χ0) is 13.4. The molecule has 5 heteroatoms. The van der Waals surface area contributed by atoms with Gasteiger partial charge in [0, 0.05) is 6.54 Å². The Morgan fingerprint density at radius 1 is 1.50 bits per heavy atom. The predicted octanol–water partition coefficient (Wildman–Crippen LogP) is 1.53. The summed E-state index contributed by atoms with van der Waals surface area (Å²) < 4.78 is 5.17. The Morgan fingerprint density at radius 3 is 2.83 bits per heavy atom. The number of rotatable bonds is 6. The molecule has 0 aliphatic rings. The van der Waals surface area contributed by atoms with Gasteiger partial charge in [-0.2, -0.15) is 5.26 Å². The highest BCUT2D eigenvalue weighted by molar-refractivity contribution is 5.77. The molecular formula is C13H17N3O2. The number of benzene rings is 1. The molecule has 2 N–H and O–H groups in total. The van der Waals surface area contributed by atoms with Gasteiger partial charge in [-0.15, -0.1) is 0 Å². The first-order chi connectivity index (χ1) is 8.71. The Morgan fingerprint density at radius 2 is 2.22 bits per heavy atom. The second-order valence-corrected chi connectivity index (χ2v) is 3.68. The van der Waals surface area contributed by atoms with E-state index in [9.17, 15) is 4.79 Å². The monoisotopic (exact) mass is 247 g/mol. The summed E-state index contributed by atoms with van der Waals surface area (Å²) in [5.41, 5.74) is 0.704. The van der Waals surface area contributed by atoms with Gasteiger partial charge >= 0.3 is 0 Å². The topological polar surface area (TPSA) is 74.2 Å². The molecule has 1 amide bonds. The zero-order valence-corrected chi connectivity index (χ0v) is 10.6. The van der Waals surface area contributed by atoms with Crippen LogP contribution in [0.1, 0.15) is 13.3 Å². The lowest BCUT2D eigenvalue weighted by atomic mass is 10.2. The molecule has 1 aromatic rings. The van der Waals surface area contributed by atoms with Crippen molar-refractivity contribution in [3.63, 3.8) is 0 Å². The fraction of sp³-hybridized carbons (Fsp3) is 0.385. The molecule has 1 aromatic carbocycles. The van der Waals surface area contributed by atoms with Gasteiger partial charge in [-0.3, -0.25) is 4.79 Å². The van der Waals surface area contributed by atoms with Gasteiger partial charge in [0.2, 0.25) is 5.91 Å². The third kappa shape index (κ3) is 3.98. The molecule has 0 aromatic heterocycles. The van der Waals surface area contributed by atoms with Crippen molar-refractivity contribution in [2.75, 3.05) is 19.0 Å². The summed E-state index contributed by atoms with van der Waals surface area (Å²) >= 11 is 0. The number of carbonyl (C=O) groups excluding carboxylic acids is 1. The third-order valence-electron chi connectivity index (χ3n) is 2.36. The summed E-state index contributed by atoms with van der Waals surface area (Å²) in [4.78, 5) is 11.4. The number of nitriles is 1. The minimum absolute atomic E-state index is 0.113. The zero-order valence-electron chi connectivity index (χ0n) is 10.6. The van der Waals surface area contributed by atoms with Crippen molar-refractivity contribution < 1.29 is 9.53 Å². The minimum atomic E-state index is -0.576. The molecule has 1 unspecified atom stereocenters. The maximum atomic E-state index is 11.4. The molecule has 0 saturated carbocycles. The van der Waals surface area contributed by atoms with Gasteiger partial charge in [-0.1, -0.05) is 12.1 Å². The van der Waals surface area contributed by atoms with Gasteiger partial charge in [0.1, 0.15) is 11.8 Å². The molecule has 0 aliphatic carbocycles. The number of nitrogens with one attached hydrogen (secondary N) is 2. The van der Waals surface area contributed by atoms with Crippen molar-refractivity contribution in [3.8, 4) is 11.8 Å². The average Bonchev–Trinajstić information content (AvgIpc) is 2.38. The lowest BCUT2D eigenvalue weighted by Crippen LogP contribution is -2.30. The van der Waals surface area contributed by atoms with Crippen molar-refractivity contribution in [2.45, 2.75) is 19.4 Å². The summed E-state index contributed by atoms with van der Waals surface area (Å²) in [6.45, 7) is 2.40. The molecule has 18 heavy (non-hydrogen) atoms. The van der Waals surface area contributed by atoms with E-state index in [1.54, 1.807) is 19.2 Å². The second kappa shape index (κ2) is 7.17. The number of nitrogens with zero attached hydrogens (tertiary/aromatic N) is 1. The van der Waals surface area contributed by atoms with Crippen LogP contribution in [0.5, 0.6) is 5.75 Å². The van der Waals surface area contributed by atoms with Crippen LogP contribution < -0.4 is 15.4 Å². The second-order valence-electron chi connectivity index (χ2n) is 3.68. The fourth-order valence-electron chi connectivity index (χ4n) is 1.54. The highest BCUT2D eigenvalue weighted by Crippen LogP contribution is 2.24. The van der Waals surface area contributed by atoms with Gasteiger partial charge in [-0.25, -0.2) is 0 Å². The summed E-state index contributed by atoms with van der Waals surface area (Å²) in [6.07, 6.45) is 0.113. The van der Waals surface area contributed by atoms with E-state index in [1.807, 2.05) is 19.1 Å².